The van der Waals surface area contributed by atoms with E-state index < -0.39 is 0 Å². The van der Waals surface area contributed by atoms with Gasteiger partial charge in [-0.2, -0.15) is 0 Å². The third kappa shape index (κ3) is 5.12. The van der Waals surface area contributed by atoms with Crippen LogP contribution in [-0.4, -0.2) is 26.7 Å². The molecule has 3 aromatic carbocycles. The van der Waals surface area contributed by atoms with Gasteiger partial charge in [0.15, 0.2) is 0 Å². The second-order valence-electron chi connectivity index (χ2n) is 7.92. The Balaban J connectivity index is 1.54. The van der Waals surface area contributed by atoms with Crippen molar-refractivity contribution >= 4 is 22.4 Å². The molecule has 1 amide bonds. The SMILES string of the molecule is COc1cccc(CCNC(=O)/C=C(\C)c2cc3c(-c4ccc(F)cc4)coc3cc2OC)c1. The summed E-state index contributed by atoms with van der Waals surface area (Å²) in [6, 6.07) is 17.8. The van der Waals surface area contributed by atoms with E-state index in [1.807, 2.05) is 37.3 Å². The molecular formula is C28H26FNO4. The number of hydrogen-bond acceptors (Lipinski definition) is 4. The Morgan fingerprint density at radius 3 is 2.59 bits per heavy atom. The Kier molecular flexibility index (Phi) is 6.97. The van der Waals surface area contributed by atoms with Gasteiger partial charge >= 0.3 is 0 Å². The van der Waals surface area contributed by atoms with E-state index in [-0.39, 0.29) is 11.7 Å². The number of methoxy groups -OCH3 is 2. The van der Waals surface area contributed by atoms with E-state index in [4.69, 9.17) is 13.9 Å². The van der Waals surface area contributed by atoms with Crippen LogP contribution in [0.3, 0.4) is 0 Å². The number of furan rings is 1. The van der Waals surface area contributed by atoms with Crippen molar-refractivity contribution in [1.82, 2.24) is 5.32 Å². The first kappa shape index (κ1) is 23.1. The van der Waals surface area contributed by atoms with Gasteiger partial charge in [-0.1, -0.05) is 24.3 Å². The number of nitrogens with one attached hydrogen (secondary N) is 1. The largest absolute Gasteiger partial charge is 0.497 e. The molecule has 0 bridgehead atoms. The Hall–Kier alpha value is -4.06. The van der Waals surface area contributed by atoms with Gasteiger partial charge in [0.1, 0.15) is 22.9 Å². The fraction of sp³-hybridized carbons (Fsp3) is 0.179. The molecule has 0 unspecified atom stereocenters. The molecule has 0 atom stereocenters. The number of ether oxygens (including phenoxy) is 2. The van der Waals surface area contributed by atoms with Crippen molar-refractivity contribution < 1.29 is 23.1 Å². The van der Waals surface area contributed by atoms with Gasteiger partial charge in [0.05, 0.1) is 20.5 Å². The summed E-state index contributed by atoms with van der Waals surface area (Å²) < 4.78 is 29.9. The van der Waals surface area contributed by atoms with Gasteiger partial charge in [-0.25, -0.2) is 4.39 Å². The third-order valence-electron chi connectivity index (χ3n) is 5.67. The summed E-state index contributed by atoms with van der Waals surface area (Å²) in [5.41, 5.74) is 4.95. The number of carbonyl (C=O) groups is 1. The molecule has 0 fully saturated rings. The van der Waals surface area contributed by atoms with Gasteiger partial charge in [-0.3, -0.25) is 4.79 Å². The van der Waals surface area contributed by atoms with Crippen molar-refractivity contribution in [2.75, 3.05) is 20.8 Å². The van der Waals surface area contributed by atoms with Gasteiger partial charge < -0.3 is 19.2 Å². The number of carbonyl (C=O) groups excluding carboxylic acids is 1. The minimum Gasteiger partial charge on any atom is -0.497 e. The molecule has 0 saturated heterocycles. The monoisotopic (exact) mass is 459 g/mol. The van der Waals surface area contributed by atoms with Crippen LogP contribution in [0.4, 0.5) is 4.39 Å². The Bertz CT molecular complexity index is 1340. The highest BCUT2D eigenvalue weighted by atomic mass is 19.1. The number of halogens is 1. The smallest absolute Gasteiger partial charge is 0.244 e. The summed E-state index contributed by atoms with van der Waals surface area (Å²) in [5.74, 6) is 0.912. The van der Waals surface area contributed by atoms with Crippen molar-refractivity contribution in [3.8, 4) is 22.6 Å². The molecule has 34 heavy (non-hydrogen) atoms. The number of hydrogen-bond donors (Lipinski definition) is 1. The fourth-order valence-electron chi connectivity index (χ4n) is 3.87. The number of benzene rings is 3. The summed E-state index contributed by atoms with van der Waals surface area (Å²) in [5, 5.41) is 3.79. The van der Waals surface area contributed by atoms with Gasteiger partial charge in [0.25, 0.3) is 0 Å². The van der Waals surface area contributed by atoms with Gasteiger partial charge in [-0.05, 0) is 60.4 Å². The fourth-order valence-corrected chi connectivity index (χ4v) is 3.87. The van der Waals surface area contributed by atoms with Crippen LogP contribution in [0.5, 0.6) is 11.5 Å². The Labute approximate surface area is 197 Å². The highest BCUT2D eigenvalue weighted by Crippen LogP contribution is 2.37. The molecule has 0 aliphatic rings. The van der Waals surface area contributed by atoms with Crippen molar-refractivity contribution in [2.24, 2.45) is 0 Å². The lowest BCUT2D eigenvalue weighted by molar-refractivity contribution is -0.116. The van der Waals surface area contributed by atoms with E-state index in [2.05, 4.69) is 5.32 Å². The van der Waals surface area contributed by atoms with E-state index in [1.165, 1.54) is 12.1 Å². The maximum atomic E-state index is 13.4. The van der Waals surface area contributed by atoms with Gasteiger partial charge in [0.2, 0.25) is 5.91 Å². The predicted molar refractivity (Wildman–Crippen MR) is 132 cm³/mol. The van der Waals surface area contributed by atoms with Gasteiger partial charge in [0, 0.05) is 35.2 Å². The average molecular weight is 460 g/mol. The van der Waals surface area contributed by atoms with Crippen LogP contribution in [-0.2, 0) is 11.2 Å². The predicted octanol–water partition coefficient (Wildman–Crippen LogP) is 6.02. The van der Waals surface area contributed by atoms with E-state index in [0.29, 0.717) is 24.3 Å². The molecule has 4 rings (SSSR count). The van der Waals surface area contributed by atoms with Crippen LogP contribution in [0, 0.1) is 5.82 Å². The Morgan fingerprint density at radius 2 is 1.85 bits per heavy atom. The molecule has 174 valence electrons. The lowest BCUT2D eigenvalue weighted by atomic mass is 9.99. The molecule has 1 aromatic heterocycles. The van der Waals surface area contributed by atoms with E-state index in [1.54, 1.807) is 44.8 Å². The van der Waals surface area contributed by atoms with Crippen molar-refractivity contribution in [2.45, 2.75) is 13.3 Å². The van der Waals surface area contributed by atoms with Gasteiger partial charge in [-0.15, -0.1) is 0 Å². The van der Waals surface area contributed by atoms with E-state index in [0.717, 1.165) is 39.0 Å². The summed E-state index contributed by atoms with van der Waals surface area (Å²) in [4.78, 5) is 12.6. The summed E-state index contributed by atoms with van der Waals surface area (Å²) in [6.45, 7) is 2.37. The quantitative estimate of drug-likeness (QED) is 0.328. The molecule has 0 spiro atoms. The highest BCUT2D eigenvalue weighted by molar-refractivity contribution is 6.00. The average Bonchev–Trinajstić information content (AvgIpc) is 3.26. The van der Waals surface area contributed by atoms with Crippen LogP contribution in [0.2, 0.25) is 0 Å². The minimum absolute atomic E-state index is 0.187. The standard InChI is InChI=1S/C28H26FNO4/c1-18(13-28(31)30-12-11-19-5-4-6-22(14-19)32-2)23-15-24-25(20-7-9-21(29)10-8-20)17-34-27(24)16-26(23)33-3/h4-10,13-17H,11-12H2,1-3H3,(H,30,31)/b18-13+. The number of allylic oxidation sites excluding steroid dienone is 1. The molecule has 6 heteroatoms. The lowest BCUT2D eigenvalue weighted by Crippen LogP contribution is -2.23. The number of rotatable bonds is 8. The zero-order chi connectivity index (χ0) is 24.1. The molecule has 5 nitrogen and oxygen atoms in total. The highest BCUT2D eigenvalue weighted by Gasteiger charge is 2.15. The van der Waals surface area contributed by atoms with Crippen LogP contribution >= 0.6 is 0 Å². The minimum atomic E-state index is -0.296. The number of amides is 1. The molecule has 4 aromatic rings. The zero-order valence-corrected chi connectivity index (χ0v) is 19.4. The molecule has 0 radical (unpaired) electrons. The second kappa shape index (κ2) is 10.3. The molecule has 0 aliphatic carbocycles. The van der Waals surface area contributed by atoms with Crippen LogP contribution in [0.25, 0.3) is 27.7 Å². The van der Waals surface area contributed by atoms with Crippen LogP contribution < -0.4 is 14.8 Å². The Morgan fingerprint density at radius 1 is 1.06 bits per heavy atom. The normalized spacial score (nSPS) is 11.5. The van der Waals surface area contributed by atoms with Crippen molar-refractivity contribution in [3.63, 3.8) is 0 Å². The third-order valence-corrected chi connectivity index (χ3v) is 5.67. The maximum Gasteiger partial charge on any atom is 0.244 e. The van der Waals surface area contributed by atoms with E-state index in [9.17, 15) is 9.18 Å². The summed E-state index contributed by atoms with van der Waals surface area (Å²) in [6.07, 6.45) is 3.90. The van der Waals surface area contributed by atoms with Crippen molar-refractivity contribution in [3.05, 3.63) is 89.9 Å². The second-order valence-corrected chi connectivity index (χ2v) is 7.92. The summed E-state index contributed by atoms with van der Waals surface area (Å²) in [7, 11) is 3.21. The first-order valence-corrected chi connectivity index (χ1v) is 10.9. The van der Waals surface area contributed by atoms with Crippen LogP contribution in [0.15, 0.2) is 77.4 Å². The molecule has 1 N–H and O–H groups in total. The topological polar surface area (TPSA) is 60.7 Å². The number of fused-ring (bicyclic) bond motifs is 1. The van der Waals surface area contributed by atoms with E-state index >= 15 is 0 Å². The zero-order valence-electron chi connectivity index (χ0n) is 19.4. The molecule has 0 aliphatic heterocycles. The summed E-state index contributed by atoms with van der Waals surface area (Å²) >= 11 is 0. The van der Waals surface area contributed by atoms with Crippen LogP contribution in [0.1, 0.15) is 18.1 Å². The van der Waals surface area contributed by atoms with Crippen molar-refractivity contribution in [1.29, 1.82) is 0 Å². The lowest BCUT2D eigenvalue weighted by Gasteiger charge is -2.10. The first-order chi connectivity index (χ1) is 16.5. The molecule has 1 heterocycles. The maximum absolute atomic E-state index is 13.4. The first-order valence-electron chi connectivity index (χ1n) is 10.9. The molecular weight excluding hydrogens is 433 g/mol. The molecule has 0 saturated carbocycles.